The summed E-state index contributed by atoms with van der Waals surface area (Å²) >= 11 is 3.46. The first kappa shape index (κ1) is 15.5. The third kappa shape index (κ3) is 4.30. The van der Waals surface area contributed by atoms with Crippen LogP contribution in [0.2, 0.25) is 0 Å². The number of aryl methyl sites for hydroxylation is 1. The fraction of sp³-hybridized carbons (Fsp3) is 0.533. The van der Waals surface area contributed by atoms with Crippen molar-refractivity contribution in [2.75, 3.05) is 32.0 Å². The van der Waals surface area contributed by atoms with E-state index < -0.39 is 0 Å². The number of nitrogens with one attached hydrogen (secondary N) is 2. The number of piperidine rings is 1. The van der Waals surface area contributed by atoms with Crippen molar-refractivity contribution in [3.05, 3.63) is 28.2 Å². The lowest BCUT2D eigenvalue weighted by molar-refractivity contribution is -0.117. The average molecular weight is 340 g/mol. The smallest absolute Gasteiger partial charge is 0.238 e. The maximum absolute atomic E-state index is 12.1. The molecule has 2 N–H and O–H groups in total. The number of carbonyl (C=O) groups is 1. The first-order valence-electron chi connectivity index (χ1n) is 7.03. The number of halogens is 1. The molecule has 1 saturated heterocycles. The topological polar surface area (TPSA) is 44.4 Å². The summed E-state index contributed by atoms with van der Waals surface area (Å²) in [7, 11) is 2.03. The van der Waals surface area contributed by atoms with Gasteiger partial charge in [-0.2, -0.15) is 0 Å². The Hall–Kier alpha value is -0.910. The van der Waals surface area contributed by atoms with E-state index in [1.165, 1.54) is 0 Å². The van der Waals surface area contributed by atoms with Crippen molar-refractivity contribution in [2.24, 2.45) is 0 Å². The van der Waals surface area contributed by atoms with Gasteiger partial charge in [-0.15, -0.1) is 0 Å². The molecule has 0 saturated carbocycles. The second-order valence-electron chi connectivity index (χ2n) is 5.41. The third-order valence-electron chi connectivity index (χ3n) is 3.77. The number of amides is 1. The van der Waals surface area contributed by atoms with Crippen molar-refractivity contribution in [1.29, 1.82) is 0 Å². The Morgan fingerprint density at radius 3 is 2.80 bits per heavy atom. The summed E-state index contributed by atoms with van der Waals surface area (Å²) in [5, 5.41) is 6.31. The first-order chi connectivity index (χ1) is 9.56. The Bertz CT molecular complexity index is 472. The van der Waals surface area contributed by atoms with Gasteiger partial charge in [-0.3, -0.25) is 9.69 Å². The van der Waals surface area contributed by atoms with E-state index in [4.69, 9.17) is 0 Å². The van der Waals surface area contributed by atoms with Gasteiger partial charge in [0, 0.05) is 16.2 Å². The number of nitrogens with zero attached hydrogens (tertiary/aromatic N) is 1. The third-order valence-corrected chi connectivity index (χ3v) is 4.66. The van der Waals surface area contributed by atoms with Gasteiger partial charge >= 0.3 is 0 Å². The highest BCUT2D eigenvalue weighted by atomic mass is 79.9. The molecule has 0 bridgehead atoms. The van der Waals surface area contributed by atoms with Crippen LogP contribution in [0.3, 0.4) is 0 Å². The van der Waals surface area contributed by atoms with E-state index in [0.717, 1.165) is 41.7 Å². The highest BCUT2D eigenvalue weighted by Crippen LogP contribution is 2.20. The van der Waals surface area contributed by atoms with Crippen LogP contribution in [0.4, 0.5) is 5.69 Å². The number of anilines is 1. The molecular formula is C15H22BrN3O. The zero-order valence-corrected chi connectivity index (χ0v) is 13.7. The number of likely N-dealkylation sites (N-methyl/N-ethyl adjacent to an activating group) is 1. The molecule has 5 heteroatoms. The number of hydrogen-bond donors (Lipinski definition) is 2. The van der Waals surface area contributed by atoms with E-state index in [1.54, 1.807) is 0 Å². The maximum Gasteiger partial charge on any atom is 0.238 e. The molecular weight excluding hydrogens is 318 g/mol. The minimum absolute atomic E-state index is 0.0488. The van der Waals surface area contributed by atoms with Gasteiger partial charge in [-0.25, -0.2) is 0 Å². The Labute approximate surface area is 129 Å². The molecule has 20 heavy (non-hydrogen) atoms. The molecule has 0 aliphatic carbocycles. The average Bonchev–Trinajstić information content (AvgIpc) is 2.44. The van der Waals surface area contributed by atoms with Gasteiger partial charge in [0.05, 0.1) is 6.54 Å². The predicted octanol–water partition coefficient (Wildman–Crippen LogP) is 2.38. The molecule has 0 atom stereocenters. The molecule has 1 fully saturated rings. The molecule has 0 spiro atoms. The molecule has 1 heterocycles. The molecule has 1 aromatic carbocycles. The molecule has 0 unspecified atom stereocenters. The summed E-state index contributed by atoms with van der Waals surface area (Å²) in [4.78, 5) is 14.2. The van der Waals surface area contributed by atoms with Crippen LogP contribution in [0, 0.1) is 6.92 Å². The highest BCUT2D eigenvalue weighted by molar-refractivity contribution is 9.10. The minimum atomic E-state index is 0.0488. The van der Waals surface area contributed by atoms with Gasteiger partial charge in [0.2, 0.25) is 5.91 Å². The van der Waals surface area contributed by atoms with Crippen molar-refractivity contribution in [2.45, 2.75) is 25.8 Å². The summed E-state index contributed by atoms with van der Waals surface area (Å²) in [6, 6.07) is 6.36. The number of hydrogen-bond acceptors (Lipinski definition) is 3. The number of rotatable bonds is 4. The molecule has 1 aliphatic heterocycles. The molecule has 4 nitrogen and oxygen atoms in total. The van der Waals surface area contributed by atoms with Gasteiger partial charge in [-0.1, -0.05) is 15.9 Å². The standard InChI is InChI=1S/C15H22BrN3O/c1-11-9-12(3-4-14(11)16)18-15(20)10-19(2)13-5-7-17-8-6-13/h3-4,9,13,17H,5-8,10H2,1-2H3,(H,18,20). The van der Waals surface area contributed by atoms with Crippen molar-refractivity contribution in [3.8, 4) is 0 Å². The summed E-state index contributed by atoms with van der Waals surface area (Å²) in [6.45, 7) is 4.55. The van der Waals surface area contributed by atoms with Crippen LogP contribution >= 0.6 is 15.9 Å². The molecule has 1 aromatic rings. The summed E-state index contributed by atoms with van der Waals surface area (Å²) in [5.74, 6) is 0.0488. The lowest BCUT2D eigenvalue weighted by Crippen LogP contribution is -2.44. The lowest BCUT2D eigenvalue weighted by Gasteiger charge is -2.31. The fourth-order valence-electron chi connectivity index (χ4n) is 2.53. The van der Waals surface area contributed by atoms with Gasteiger partial charge in [0.15, 0.2) is 0 Å². The van der Waals surface area contributed by atoms with E-state index in [-0.39, 0.29) is 5.91 Å². The van der Waals surface area contributed by atoms with E-state index in [2.05, 4.69) is 31.5 Å². The second-order valence-corrected chi connectivity index (χ2v) is 6.26. The monoisotopic (exact) mass is 339 g/mol. The Morgan fingerprint density at radius 1 is 1.45 bits per heavy atom. The highest BCUT2D eigenvalue weighted by Gasteiger charge is 2.19. The molecule has 0 aromatic heterocycles. The van der Waals surface area contributed by atoms with Gasteiger partial charge < -0.3 is 10.6 Å². The Kier molecular flexibility index (Phi) is 5.57. The first-order valence-corrected chi connectivity index (χ1v) is 7.82. The summed E-state index contributed by atoms with van der Waals surface area (Å²) < 4.78 is 1.06. The Balaban J connectivity index is 1.86. The predicted molar refractivity (Wildman–Crippen MR) is 86.0 cm³/mol. The van der Waals surface area contributed by atoms with Gasteiger partial charge in [0.25, 0.3) is 0 Å². The van der Waals surface area contributed by atoms with Crippen LogP contribution < -0.4 is 10.6 Å². The van der Waals surface area contributed by atoms with Crippen molar-refractivity contribution >= 4 is 27.5 Å². The van der Waals surface area contributed by atoms with Crippen LogP contribution in [0.25, 0.3) is 0 Å². The maximum atomic E-state index is 12.1. The van der Waals surface area contributed by atoms with Crippen molar-refractivity contribution in [1.82, 2.24) is 10.2 Å². The van der Waals surface area contributed by atoms with E-state index in [1.807, 2.05) is 32.2 Å². The summed E-state index contributed by atoms with van der Waals surface area (Å²) in [5.41, 5.74) is 1.98. The van der Waals surface area contributed by atoms with Gasteiger partial charge in [-0.05, 0) is 63.7 Å². The molecule has 2 rings (SSSR count). The Morgan fingerprint density at radius 2 is 2.15 bits per heavy atom. The molecule has 1 amide bonds. The fourth-order valence-corrected chi connectivity index (χ4v) is 2.77. The second kappa shape index (κ2) is 7.20. The zero-order chi connectivity index (χ0) is 14.5. The van der Waals surface area contributed by atoms with Crippen LogP contribution in [0.5, 0.6) is 0 Å². The van der Waals surface area contributed by atoms with Crippen molar-refractivity contribution < 1.29 is 4.79 Å². The summed E-state index contributed by atoms with van der Waals surface area (Å²) in [6.07, 6.45) is 2.22. The molecule has 1 aliphatic rings. The normalized spacial score (nSPS) is 16.4. The largest absolute Gasteiger partial charge is 0.325 e. The lowest BCUT2D eigenvalue weighted by atomic mass is 10.1. The van der Waals surface area contributed by atoms with E-state index in [0.29, 0.717) is 12.6 Å². The SMILES string of the molecule is Cc1cc(NC(=O)CN(C)C2CCNCC2)ccc1Br. The number of benzene rings is 1. The van der Waals surface area contributed by atoms with Crippen LogP contribution in [0.15, 0.2) is 22.7 Å². The van der Waals surface area contributed by atoms with Crippen molar-refractivity contribution in [3.63, 3.8) is 0 Å². The van der Waals surface area contributed by atoms with Crippen LogP contribution in [-0.4, -0.2) is 43.5 Å². The molecule has 0 radical (unpaired) electrons. The van der Waals surface area contributed by atoms with E-state index in [9.17, 15) is 4.79 Å². The molecule has 110 valence electrons. The zero-order valence-electron chi connectivity index (χ0n) is 12.1. The van der Waals surface area contributed by atoms with Crippen LogP contribution in [-0.2, 0) is 4.79 Å². The number of carbonyl (C=O) groups excluding carboxylic acids is 1. The van der Waals surface area contributed by atoms with Crippen LogP contribution in [0.1, 0.15) is 18.4 Å². The quantitative estimate of drug-likeness (QED) is 0.885. The van der Waals surface area contributed by atoms with E-state index >= 15 is 0 Å². The van der Waals surface area contributed by atoms with Gasteiger partial charge in [0.1, 0.15) is 0 Å². The minimum Gasteiger partial charge on any atom is -0.325 e.